The van der Waals surface area contributed by atoms with Crippen LogP contribution in [0.4, 0.5) is 0 Å². The van der Waals surface area contributed by atoms with Crippen molar-refractivity contribution in [2.45, 2.75) is 79.1 Å². The molecule has 0 bridgehead atoms. The Kier molecular flexibility index (Phi) is 14.8. The van der Waals surface area contributed by atoms with Crippen LogP contribution in [0.25, 0.3) is 5.57 Å². The maximum Gasteiger partial charge on any atom is 0.200 e. The molecule has 2 N–H and O–H groups in total. The zero-order valence-corrected chi connectivity index (χ0v) is 26.3. The van der Waals surface area contributed by atoms with Gasteiger partial charge in [-0.15, -0.1) is 0 Å². The molecule has 0 aliphatic heterocycles. The van der Waals surface area contributed by atoms with Crippen LogP contribution in [0, 0.1) is 0 Å². The average molecular weight is 658 g/mol. The van der Waals surface area contributed by atoms with Gasteiger partial charge in [-0.3, -0.25) is 0 Å². The van der Waals surface area contributed by atoms with E-state index in [-0.39, 0.29) is 11.5 Å². The summed E-state index contributed by atoms with van der Waals surface area (Å²) in [5.74, 6) is 1.42. The highest BCUT2D eigenvalue weighted by Gasteiger charge is 2.21. The lowest BCUT2D eigenvalue weighted by Gasteiger charge is -2.19. The van der Waals surface area contributed by atoms with Crippen molar-refractivity contribution < 1.29 is 29.2 Å². The first-order valence-electron chi connectivity index (χ1n) is 13.7. The van der Waals surface area contributed by atoms with Crippen LogP contribution in [0.2, 0.25) is 0 Å². The van der Waals surface area contributed by atoms with Crippen LogP contribution >= 0.6 is 31.9 Å². The number of hydrogen-bond acceptors (Lipinski definition) is 6. The number of rotatable bonds is 18. The fraction of sp³-hybridized carbons (Fsp3) is 0.533. The fourth-order valence-electron chi connectivity index (χ4n) is 3.58. The summed E-state index contributed by atoms with van der Waals surface area (Å²) in [6.45, 7) is 10.3. The summed E-state index contributed by atoms with van der Waals surface area (Å²) in [6.07, 6.45) is 7.40. The quantitative estimate of drug-likeness (QED) is 0.156. The number of benzene rings is 2. The minimum atomic E-state index is -0.0103. The van der Waals surface area contributed by atoms with Gasteiger partial charge in [-0.1, -0.05) is 53.4 Å². The molecule has 2 aromatic carbocycles. The molecule has 0 heterocycles. The molecule has 0 aromatic heterocycles. The average Bonchev–Trinajstić information content (AvgIpc) is 2.89. The number of unbranched alkanes of at least 4 members (excludes halogenated alkanes) is 4. The molecule has 0 unspecified atom stereocenters. The minimum absolute atomic E-state index is 0.0103. The van der Waals surface area contributed by atoms with Gasteiger partial charge in [0.25, 0.3) is 0 Å². The summed E-state index contributed by atoms with van der Waals surface area (Å²) in [7, 11) is 0. The molecule has 0 aliphatic carbocycles. The van der Waals surface area contributed by atoms with E-state index in [4.69, 9.17) is 18.9 Å². The van der Waals surface area contributed by atoms with E-state index in [9.17, 15) is 10.2 Å². The van der Waals surface area contributed by atoms with E-state index in [1.54, 1.807) is 24.3 Å². The summed E-state index contributed by atoms with van der Waals surface area (Å²) in [5, 5.41) is 21.8. The van der Waals surface area contributed by atoms with Gasteiger partial charge in [0.2, 0.25) is 11.5 Å². The molecule has 6 nitrogen and oxygen atoms in total. The molecule has 0 aliphatic rings. The number of aromatic hydroxyl groups is 2. The Hall–Kier alpha value is -2.06. The largest absolute Gasteiger partial charge is 0.502 e. The first-order valence-corrected chi connectivity index (χ1v) is 15.3. The molecule has 8 heteroatoms. The van der Waals surface area contributed by atoms with Crippen molar-refractivity contribution >= 4 is 37.4 Å². The highest BCUT2D eigenvalue weighted by molar-refractivity contribution is 9.28. The second kappa shape index (κ2) is 17.5. The highest BCUT2D eigenvalue weighted by atomic mass is 79.9. The van der Waals surface area contributed by atoms with Gasteiger partial charge in [0.05, 0.1) is 29.8 Å². The Balaban J connectivity index is 2.62. The van der Waals surface area contributed by atoms with E-state index in [2.05, 4.69) is 59.6 Å². The second-order valence-corrected chi connectivity index (χ2v) is 11.7. The predicted octanol–water partition coefficient (Wildman–Crippen LogP) is 9.32. The van der Waals surface area contributed by atoms with Crippen LogP contribution in [-0.2, 0) is 0 Å². The van der Waals surface area contributed by atoms with Crippen LogP contribution in [0.15, 0.2) is 27.7 Å². The number of phenolic OH excluding ortho intramolecular Hbond substituents is 2. The standard InChI is InChI=1S/C30H42Br2O6/c1-5-9-13-35-23-17-21(18-24(28(23)33)36-14-10-6-2)27(30(31)32)22-19-25(37-15-11-7-3)29(34)26(20-22)38-16-12-8-4/h17-20,33-34H,5-16H2,1-4H3. The van der Waals surface area contributed by atoms with Crippen molar-refractivity contribution in [1.29, 1.82) is 0 Å². The molecule has 0 amide bonds. The number of hydrogen-bond donors (Lipinski definition) is 2. The minimum Gasteiger partial charge on any atom is -0.502 e. The van der Waals surface area contributed by atoms with Gasteiger partial charge in [-0.05, 0) is 92.9 Å². The van der Waals surface area contributed by atoms with Gasteiger partial charge in [0, 0.05) is 5.57 Å². The summed E-state index contributed by atoms with van der Waals surface area (Å²) in [6, 6.07) is 7.21. The third-order valence-corrected chi connectivity index (χ3v) is 6.66. The number of halogens is 2. The van der Waals surface area contributed by atoms with Crippen LogP contribution in [0.3, 0.4) is 0 Å². The summed E-state index contributed by atoms with van der Waals surface area (Å²) < 4.78 is 24.5. The summed E-state index contributed by atoms with van der Waals surface area (Å²) in [4.78, 5) is 0. The van der Waals surface area contributed by atoms with Crippen molar-refractivity contribution in [3.63, 3.8) is 0 Å². The molecule has 0 saturated carbocycles. The Morgan fingerprint density at radius 2 is 0.816 bits per heavy atom. The molecule has 38 heavy (non-hydrogen) atoms. The van der Waals surface area contributed by atoms with Crippen LogP contribution in [0.5, 0.6) is 34.5 Å². The van der Waals surface area contributed by atoms with Gasteiger partial charge in [-0.2, -0.15) is 0 Å². The molecule has 0 spiro atoms. The van der Waals surface area contributed by atoms with Gasteiger partial charge in [0.1, 0.15) is 0 Å². The Morgan fingerprint density at radius 1 is 0.553 bits per heavy atom. The monoisotopic (exact) mass is 656 g/mol. The lowest BCUT2D eigenvalue weighted by Crippen LogP contribution is -2.03. The first kappa shape index (κ1) is 32.2. The number of phenols is 2. The van der Waals surface area contributed by atoms with Gasteiger partial charge in [-0.25, -0.2) is 0 Å². The third-order valence-electron chi connectivity index (χ3n) is 5.87. The summed E-state index contributed by atoms with van der Waals surface area (Å²) >= 11 is 7.23. The van der Waals surface area contributed by atoms with Gasteiger partial charge >= 0.3 is 0 Å². The lowest BCUT2D eigenvalue weighted by atomic mass is 9.97. The van der Waals surface area contributed by atoms with Gasteiger partial charge in [0.15, 0.2) is 23.0 Å². The van der Waals surface area contributed by atoms with E-state index >= 15 is 0 Å². The van der Waals surface area contributed by atoms with E-state index in [1.807, 2.05) is 0 Å². The fourth-order valence-corrected chi connectivity index (χ4v) is 4.50. The molecule has 0 atom stereocenters. The number of ether oxygens (including phenoxy) is 4. The topological polar surface area (TPSA) is 77.4 Å². The van der Waals surface area contributed by atoms with Crippen molar-refractivity contribution in [2.24, 2.45) is 0 Å². The van der Waals surface area contributed by atoms with Crippen molar-refractivity contribution in [1.82, 2.24) is 0 Å². The van der Waals surface area contributed by atoms with Crippen molar-refractivity contribution in [2.75, 3.05) is 26.4 Å². The smallest absolute Gasteiger partial charge is 0.200 e. The maximum atomic E-state index is 10.9. The van der Waals surface area contributed by atoms with Crippen LogP contribution < -0.4 is 18.9 Å². The summed E-state index contributed by atoms with van der Waals surface area (Å²) in [5.41, 5.74) is 2.29. The normalized spacial score (nSPS) is 10.8. The molecule has 2 aromatic rings. The SMILES string of the molecule is CCCCOc1cc(C(=C(Br)Br)c2cc(OCCCC)c(O)c(OCCCC)c2)cc(OCCCC)c1O. The maximum absolute atomic E-state index is 10.9. The molecule has 2 rings (SSSR count). The Morgan fingerprint density at radius 3 is 1.03 bits per heavy atom. The molecule has 0 radical (unpaired) electrons. The van der Waals surface area contributed by atoms with E-state index in [0.717, 1.165) is 68.1 Å². The first-order chi connectivity index (χ1) is 18.4. The molecule has 0 fully saturated rings. The van der Waals surface area contributed by atoms with Crippen molar-refractivity contribution in [3.05, 3.63) is 38.8 Å². The van der Waals surface area contributed by atoms with Gasteiger partial charge < -0.3 is 29.2 Å². The molecular formula is C30H42Br2O6. The van der Waals surface area contributed by atoms with E-state index in [0.29, 0.717) is 52.8 Å². The molecule has 212 valence electrons. The predicted molar refractivity (Wildman–Crippen MR) is 162 cm³/mol. The van der Waals surface area contributed by atoms with Crippen LogP contribution in [-0.4, -0.2) is 36.6 Å². The van der Waals surface area contributed by atoms with E-state index < -0.39 is 0 Å². The zero-order chi connectivity index (χ0) is 27.9. The molecule has 0 saturated heterocycles. The van der Waals surface area contributed by atoms with E-state index in [1.165, 1.54) is 0 Å². The highest BCUT2D eigenvalue weighted by Crippen LogP contribution is 2.46. The third kappa shape index (κ3) is 9.60. The van der Waals surface area contributed by atoms with Crippen LogP contribution in [0.1, 0.15) is 90.2 Å². The Bertz CT molecular complexity index is 896. The molecular weight excluding hydrogens is 616 g/mol. The Labute approximate surface area is 244 Å². The lowest BCUT2D eigenvalue weighted by molar-refractivity contribution is 0.267. The second-order valence-electron chi connectivity index (χ2n) is 9.09. The van der Waals surface area contributed by atoms with Crippen molar-refractivity contribution in [3.8, 4) is 34.5 Å². The zero-order valence-electron chi connectivity index (χ0n) is 23.1.